The van der Waals surface area contributed by atoms with Gasteiger partial charge in [0.2, 0.25) is 5.91 Å². The van der Waals surface area contributed by atoms with E-state index >= 15 is 0 Å². The number of hydrogen-bond acceptors (Lipinski definition) is 2. The smallest absolute Gasteiger partial charge is 0.217 e. The molecule has 0 aromatic rings. The molecule has 100 valence electrons. The summed E-state index contributed by atoms with van der Waals surface area (Å²) in [4.78, 5) is 19.4. The molecule has 0 saturated carbocycles. The molecule has 0 aromatic carbocycles. The Bertz CT molecular complexity index is 281. The largest absolute Gasteiger partial charge is 0.370 e. The number of carbonyl (C=O) groups excluding carboxylic acids is 1. The van der Waals surface area contributed by atoms with Crippen molar-refractivity contribution in [2.24, 2.45) is 16.6 Å². The minimum atomic E-state index is -0.202. The fourth-order valence-electron chi connectivity index (χ4n) is 2.32. The molecule has 2 N–H and O–H groups in total. The first-order valence-electron chi connectivity index (χ1n) is 5.72. The molecule has 5 nitrogen and oxygen atoms in total. The predicted octanol–water partition coefficient (Wildman–Crippen LogP) is 0.739. The molecule has 1 heterocycles. The lowest BCUT2D eigenvalue weighted by atomic mass is 9.95. The summed E-state index contributed by atoms with van der Waals surface area (Å²) in [5.41, 5.74) is 5.24. The van der Waals surface area contributed by atoms with Gasteiger partial charge >= 0.3 is 0 Å². The molecule has 1 amide bonds. The number of amides is 1. The van der Waals surface area contributed by atoms with Gasteiger partial charge in [-0.2, -0.15) is 0 Å². The van der Waals surface area contributed by atoms with Crippen LogP contribution in [0.3, 0.4) is 0 Å². The molecule has 1 saturated heterocycles. The topological polar surface area (TPSA) is 61.9 Å². The van der Waals surface area contributed by atoms with Crippen LogP contribution in [0.25, 0.3) is 0 Å². The highest BCUT2D eigenvalue weighted by Gasteiger charge is 2.24. The second-order valence-electron chi connectivity index (χ2n) is 4.54. The molecule has 1 unspecified atom stereocenters. The van der Waals surface area contributed by atoms with Crippen LogP contribution in [0.5, 0.6) is 0 Å². The number of carbonyl (C=O) groups is 1. The van der Waals surface area contributed by atoms with E-state index in [1.54, 1.807) is 7.05 Å². The fourth-order valence-corrected chi connectivity index (χ4v) is 2.32. The summed E-state index contributed by atoms with van der Waals surface area (Å²) in [6.07, 6.45) is 2.68. The molecule has 1 atom stereocenters. The van der Waals surface area contributed by atoms with Crippen LogP contribution in [-0.2, 0) is 4.79 Å². The van der Waals surface area contributed by atoms with Crippen molar-refractivity contribution in [1.29, 1.82) is 0 Å². The summed E-state index contributed by atoms with van der Waals surface area (Å²) < 4.78 is 0. The van der Waals surface area contributed by atoms with Crippen molar-refractivity contribution < 1.29 is 4.79 Å². The summed E-state index contributed by atoms with van der Waals surface area (Å²) in [7, 11) is 5.77. The standard InChI is InChI=1S/C11H22N4O.HI/c1-13-11(14(2)3)15-6-4-5-9(8-15)7-10(12)16;/h9H,4-8H2,1-3H3,(H2,12,16);1H. The zero-order valence-corrected chi connectivity index (χ0v) is 13.2. The number of primary amides is 1. The van der Waals surface area contributed by atoms with Crippen LogP contribution in [0.4, 0.5) is 0 Å². The van der Waals surface area contributed by atoms with Gasteiger partial charge in [0.15, 0.2) is 5.96 Å². The number of rotatable bonds is 2. The maximum absolute atomic E-state index is 10.9. The number of hydrogen-bond donors (Lipinski definition) is 1. The van der Waals surface area contributed by atoms with Gasteiger partial charge in [-0.05, 0) is 18.8 Å². The quantitative estimate of drug-likeness (QED) is 0.452. The molecule has 1 fully saturated rings. The Morgan fingerprint density at radius 3 is 2.65 bits per heavy atom. The summed E-state index contributed by atoms with van der Waals surface area (Å²) in [6, 6.07) is 0. The second kappa shape index (κ2) is 7.73. The minimum Gasteiger partial charge on any atom is -0.370 e. The zero-order valence-electron chi connectivity index (χ0n) is 10.8. The van der Waals surface area contributed by atoms with E-state index in [-0.39, 0.29) is 29.9 Å². The third kappa shape index (κ3) is 5.10. The Balaban J connectivity index is 0.00000256. The van der Waals surface area contributed by atoms with Gasteiger partial charge in [0, 0.05) is 40.7 Å². The zero-order chi connectivity index (χ0) is 12.1. The van der Waals surface area contributed by atoms with Crippen LogP contribution in [-0.4, -0.2) is 55.9 Å². The second-order valence-corrected chi connectivity index (χ2v) is 4.54. The number of likely N-dealkylation sites (tertiary alicyclic amines) is 1. The Morgan fingerprint density at radius 2 is 2.18 bits per heavy atom. The molecule has 0 spiro atoms. The minimum absolute atomic E-state index is 0. The van der Waals surface area contributed by atoms with Crippen molar-refractivity contribution in [3.8, 4) is 0 Å². The highest BCUT2D eigenvalue weighted by atomic mass is 127. The lowest BCUT2D eigenvalue weighted by molar-refractivity contribution is -0.119. The van der Waals surface area contributed by atoms with Gasteiger partial charge in [0.1, 0.15) is 0 Å². The Morgan fingerprint density at radius 1 is 1.53 bits per heavy atom. The van der Waals surface area contributed by atoms with Crippen LogP contribution in [0.15, 0.2) is 4.99 Å². The summed E-state index contributed by atoms with van der Waals surface area (Å²) >= 11 is 0. The number of guanidine groups is 1. The summed E-state index contributed by atoms with van der Waals surface area (Å²) in [5, 5.41) is 0. The van der Waals surface area contributed by atoms with Crippen molar-refractivity contribution in [2.75, 3.05) is 34.2 Å². The molecule has 0 radical (unpaired) electrons. The van der Waals surface area contributed by atoms with Gasteiger partial charge in [-0.1, -0.05) is 0 Å². The van der Waals surface area contributed by atoms with Crippen molar-refractivity contribution in [2.45, 2.75) is 19.3 Å². The molecular formula is C11H23IN4O. The highest BCUT2D eigenvalue weighted by molar-refractivity contribution is 14.0. The molecule has 0 aromatic heterocycles. The van der Waals surface area contributed by atoms with E-state index in [1.807, 2.05) is 19.0 Å². The first-order valence-corrected chi connectivity index (χ1v) is 5.72. The molecule has 17 heavy (non-hydrogen) atoms. The maximum atomic E-state index is 10.9. The van der Waals surface area contributed by atoms with Gasteiger partial charge < -0.3 is 15.5 Å². The van der Waals surface area contributed by atoms with E-state index in [9.17, 15) is 4.79 Å². The predicted molar refractivity (Wildman–Crippen MR) is 80.6 cm³/mol. The summed E-state index contributed by atoms with van der Waals surface area (Å²) in [5.74, 6) is 1.16. The van der Waals surface area contributed by atoms with Gasteiger partial charge in [0.05, 0.1) is 0 Å². The molecule has 1 rings (SSSR count). The van der Waals surface area contributed by atoms with Gasteiger partial charge in [-0.15, -0.1) is 24.0 Å². The molecule has 1 aliphatic heterocycles. The normalized spacial score (nSPS) is 20.8. The monoisotopic (exact) mass is 354 g/mol. The molecule has 0 aliphatic carbocycles. The fraction of sp³-hybridized carbons (Fsp3) is 0.818. The number of halogens is 1. The van der Waals surface area contributed by atoms with E-state index in [1.165, 1.54) is 0 Å². The van der Waals surface area contributed by atoms with Crippen LogP contribution >= 0.6 is 24.0 Å². The maximum Gasteiger partial charge on any atom is 0.217 e. The van der Waals surface area contributed by atoms with E-state index in [0.717, 1.165) is 31.9 Å². The van der Waals surface area contributed by atoms with Gasteiger partial charge in [-0.25, -0.2) is 0 Å². The van der Waals surface area contributed by atoms with E-state index in [4.69, 9.17) is 5.73 Å². The van der Waals surface area contributed by atoms with Crippen LogP contribution in [0, 0.1) is 5.92 Å². The Labute approximate surface area is 120 Å². The number of nitrogens with two attached hydrogens (primary N) is 1. The number of piperidine rings is 1. The third-order valence-electron chi connectivity index (χ3n) is 2.89. The van der Waals surface area contributed by atoms with Crippen molar-refractivity contribution in [3.05, 3.63) is 0 Å². The van der Waals surface area contributed by atoms with Crippen LogP contribution in [0.2, 0.25) is 0 Å². The van der Waals surface area contributed by atoms with Crippen molar-refractivity contribution in [1.82, 2.24) is 9.80 Å². The lowest BCUT2D eigenvalue weighted by Gasteiger charge is -2.36. The number of nitrogens with zero attached hydrogens (tertiary/aromatic N) is 3. The van der Waals surface area contributed by atoms with E-state index < -0.39 is 0 Å². The average Bonchev–Trinajstić information content (AvgIpc) is 2.17. The molecule has 0 bridgehead atoms. The van der Waals surface area contributed by atoms with Gasteiger partial charge in [0.25, 0.3) is 0 Å². The Hall–Kier alpha value is -0.530. The summed E-state index contributed by atoms with van der Waals surface area (Å²) in [6.45, 7) is 1.90. The van der Waals surface area contributed by atoms with Gasteiger partial charge in [-0.3, -0.25) is 9.79 Å². The SMILES string of the molecule is CN=C(N(C)C)N1CCCC(CC(N)=O)C1.I. The third-order valence-corrected chi connectivity index (χ3v) is 2.89. The first-order chi connectivity index (χ1) is 7.54. The Kier molecular flexibility index (Phi) is 7.49. The van der Waals surface area contributed by atoms with Crippen molar-refractivity contribution in [3.63, 3.8) is 0 Å². The van der Waals surface area contributed by atoms with E-state index in [0.29, 0.717) is 12.3 Å². The highest BCUT2D eigenvalue weighted by Crippen LogP contribution is 2.19. The molecule has 6 heteroatoms. The van der Waals surface area contributed by atoms with Crippen molar-refractivity contribution >= 4 is 35.8 Å². The van der Waals surface area contributed by atoms with Crippen LogP contribution < -0.4 is 5.73 Å². The average molecular weight is 354 g/mol. The number of aliphatic imine (C=N–C) groups is 1. The molecule has 1 aliphatic rings. The molecular weight excluding hydrogens is 331 g/mol. The van der Waals surface area contributed by atoms with E-state index in [2.05, 4.69) is 9.89 Å². The lowest BCUT2D eigenvalue weighted by Crippen LogP contribution is -2.46. The first kappa shape index (κ1) is 16.5. The van der Waals surface area contributed by atoms with Crippen LogP contribution in [0.1, 0.15) is 19.3 Å².